The first kappa shape index (κ1) is 16.2. The van der Waals surface area contributed by atoms with Gasteiger partial charge in [-0.2, -0.15) is 30.6 Å². The number of aliphatic carboxylic acids is 1. The molecule has 1 saturated heterocycles. The first-order valence-electron chi connectivity index (χ1n) is 5.69. The molecule has 1 atom stereocenters. The van der Waals surface area contributed by atoms with Crippen LogP contribution in [-0.4, -0.2) is 49.1 Å². The second-order valence-electron chi connectivity index (χ2n) is 4.26. The van der Waals surface area contributed by atoms with Crippen LogP contribution in [0.1, 0.15) is 25.7 Å². The Labute approximate surface area is 108 Å². The third kappa shape index (κ3) is 4.96. The van der Waals surface area contributed by atoms with Crippen molar-refractivity contribution in [3.63, 3.8) is 0 Å². The van der Waals surface area contributed by atoms with Crippen molar-refractivity contribution in [2.75, 3.05) is 13.1 Å². The largest absolute Gasteiger partial charge is 0.480 e. The van der Waals surface area contributed by atoms with Crippen molar-refractivity contribution in [3.8, 4) is 0 Å². The number of rotatable bonds is 4. The summed E-state index contributed by atoms with van der Waals surface area (Å²) in [6, 6.07) is -1.31. The van der Waals surface area contributed by atoms with E-state index in [0.717, 1.165) is 0 Å². The highest BCUT2D eigenvalue weighted by Crippen LogP contribution is 2.20. The zero-order valence-electron chi connectivity index (χ0n) is 9.98. The zero-order chi connectivity index (χ0) is 14.7. The normalized spacial score (nSPS) is 23.0. The lowest BCUT2D eigenvalue weighted by molar-refractivity contribution is -0.141. The molecule has 1 aliphatic heterocycles. The van der Waals surface area contributed by atoms with E-state index < -0.39 is 34.9 Å². The summed E-state index contributed by atoms with van der Waals surface area (Å²) in [6.07, 6.45) is -2.98. The number of nitrogens with zero attached hydrogens (tertiary/aromatic N) is 1. The first-order chi connectivity index (χ1) is 8.63. The molecule has 1 aliphatic rings. The van der Waals surface area contributed by atoms with E-state index in [1.807, 2.05) is 0 Å². The summed E-state index contributed by atoms with van der Waals surface area (Å²) in [7, 11) is -4.45. The molecule has 0 amide bonds. The highest BCUT2D eigenvalue weighted by atomic mass is 32.2. The standard InChI is InChI=1S/C9H15F3N2O4S/c10-9(11,12)6-13-19(17,18)14-5-3-1-2-4-7(14)8(15)16/h7,13H,1-6H2,(H,15,16). The summed E-state index contributed by atoms with van der Waals surface area (Å²) in [5.74, 6) is -1.35. The lowest BCUT2D eigenvalue weighted by atomic mass is 10.1. The Kier molecular flexibility index (Phi) is 5.16. The van der Waals surface area contributed by atoms with Gasteiger partial charge < -0.3 is 5.11 Å². The topological polar surface area (TPSA) is 86.7 Å². The minimum absolute atomic E-state index is 0.0931. The maximum absolute atomic E-state index is 12.0. The van der Waals surface area contributed by atoms with E-state index in [9.17, 15) is 26.4 Å². The first-order valence-corrected chi connectivity index (χ1v) is 7.13. The Morgan fingerprint density at radius 2 is 1.95 bits per heavy atom. The van der Waals surface area contributed by atoms with Crippen LogP contribution < -0.4 is 4.72 Å². The Hall–Kier alpha value is -0.870. The monoisotopic (exact) mass is 304 g/mol. The van der Waals surface area contributed by atoms with Crippen LogP contribution in [0.25, 0.3) is 0 Å². The van der Waals surface area contributed by atoms with Gasteiger partial charge in [-0.3, -0.25) is 4.79 Å². The van der Waals surface area contributed by atoms with Gasteiger partial charge in [0, 0.05) is 6.54 Å². The Balaban J connectivity index is 2.85. The number of carbonyl (C=O) groups is 1. The van der Waals surface area contributed by atoms with Crippen molar-refractivity contribution in [1.29, 1.82) is 0 Å². The number of hydrogen-bond acceptors (Lipinski definition) is 3. The van der Waals surface area contributed by atoms with E-state index in [1.54, 1.807) is 0 Å². The van der Waals surface area contributed by atoms with Gasteiger partial charge in [0.15, 0.2) is 0 Å². The Bertz CT molecular complexity index is 424. The minimum Gasteiger partial charge on any atom is -0.480 e. The van der Waals surface area contributed by atoms with Crippen molar-refractivity contribution in [2.45, 2.75) is 37.9 Å². The number of alkyl halides is 3. The second kappa shape index (κ2) is 6.06. The van der Waals surface area contributed by atoms with Crippen LogP contribution in [0, 0.1) is 0 Å². The van der Waals surface area contributed by atoms with Crippen molar-refractivity contribution < 1.29 is 31.5 Å². The molecule has 0 aromatic heterocycles. The third-order valence-electron chi connectivity index (χ3n) is 2.75. The van der Waals surface area contributed by atoms with E-state index in [1.165, 1.54) is 4.72 Å². The van der Waals surface area contributed by atoms with Crippen LogP contribution in [0.3, 0.4) is 0 Å². The molecule has 0 aliphatic carbocycles. The number of carboxylic acid groups (broad SMARTS) is 1. The molecule has 10 heteroatoms. The zero-order valence-corrected chi connectivity index (χ0v) is 10.8. The van der Waals surface area contributed by atoms with Crippen LogP contribution in [0.4, 0.5) is 13.2 Å². The van der Waals surface area contributed by atoms with Crippen LogP contribution >= 0.6 is 0 Å². The lowest BCUT2D eigenvalue weighted by Crippen LogP contribution is -2.51. The summed E-state index contributed by atoms with van der Waals surface area (Å²) in [5, 5.41) is 8.97. The van der Waals surface area contributed by atoms with Crippen molar-refractivity contribution in [1.82, 2.24) is 9.03 Å². The molecular weight excluding hydrogens is 289 g/mol. The SMILES string of the molecule is O=C(O)C1CCCCCN1S(=O)(=O)NCC(F)(F)F. The molecule has 1 fully saturated rings. The number of carboxylic acids is 1. The fourth-order valence-electron chi connectivity index (χ4n) is 1.87. The average molecular weight is 304 g/mol. The van der Waals surface area contributed by atoms with Gasteiger partial charge in [-0.25, -0.2) is 0 Å². The molecule has 1 rings (SSSR count). The molecule has 6 nitrogen and oxygen atoms in total. The predicted octanol–water partition coefficient (Wildman–Crippen LogP) is 0.712. The molecular formula is C9H15F3N2O4S. The predicted molar refractivity (Wildman–Crippen MR) is 59.6 cm³/mol. The maximum atomic E-state index is 12.0. The molecule has 0 saturated carbocycles. The van der Waals surface area contributed by atoms with Gasteiger partial charge in [0.05, 0.1) is 0 Å². The molecule has 112 valence electrons. The molecule has 0 bridgehead atoms. The van der Waals surface area contributed by atoms with Crippen LogP contribution in [-0.2, 0) is 15.0 Å². The van der Waals surface area contributed by atoms with Gasteiger partial charge in [-0.05, 0) is 12.8 Å². The van der Waals surface area contributed by atoms with Gasteiger partial charge >= 0.3 is 12.1 Å². The summed E-state index contributed by atoms with van der Waals surface area (Å²) < 4.78 is 61.6. The lowest BCUT2D eigenvalue weighted by Gasteiger charge is -2.26. The quantitative estimate of drug-likeness (QED) is 0.801. The Morgan fingerprint density at radius 3 is 2.47 bits per heavy atom. The van der Waals surface area contributed by atoms with Crippen molar-refractivity contribution in [2.24, 2.45) is 0 Å². The summed E-state index contributed by atoms with van der Waals surface area (Å²) in [4.78, 5) is 11.0. The number of halogens is 3. The van der Waals surface area contributed by atoms with Gasteiger partial charge in [0.2, 0.25) is 0 Å². The number of hydrogen-bond donors (Lipinski definition) is 2. The van der Waals surface area contributed by atoms with Crippen LogP contribution in [0.15, 0.2) is 0 Å². The van der Waals surface area contributed by atoms with E-state index in [4.69, 9.17) is 5.11 Å². The smallest absolute Gasteiger partial charge is 0.402 e. The second-order valence-corrected chi connectivity index (χ2v) is 5.96. The number of nitrogens with one attached hydrogen (secondary N) is 1. The molecule has 1 heterocycles. The molecule has 0 aromatic carbocycles. The van der Waals surface area contributed by atoms with Crippen molar-refractivity contribution >= 4 is 16.2 Å². The molecule has 0 radical (unpaired) electrons. The Morgan fingerprint density at radius 1 is 1.32 bits per heavy atom. The van der Waals surface area contributed by atoms with E-state index in [2.05, 4.69) is 0 Å². The molecule has 1 unspecified atom stereocenters. The molecule has 0 aromatic rings. The molecule has 0 spiro atoms. The molecule has 19 heavy (non-hydrogen) atoms. The van der Waals surface area contributed by atoms with E-state index >= 15 is 0 Å². The van der Waals surface area contributed by atoms with E-state index in [0.29, 0.717) is 23.6 Å². The maximum Gasteiger partial charge on any atom is 0.402 e. The highest BCUT2D eigenvalue weighted by Gasteiger charge is 2.38. The summed E-state index contributed by atoms with van der Waals surface area (Å²) >= 11 is 0. The summed E-state index contributed by atoms with van der Waals surface area (Å²) in [6.45, 7) is -1.80. The highest BCUT2D eigenvalue weighted by molar-refractivity contribution is 7.87. The average Bonchev–Trinajstić information content (AvgIpc) is 2.51. The minimum atomic E-state index is -4.68. The molecule has 2 N–H and O–H groups in total. The van der Waals surface area contributed by atoms with Crippen LogP contribution in [0.5, 0.6) is 0 Å². The third-order valence-corrected chi connectivity index (χ3v) is 4.32. The van der Waals surface area contributed by atoms with E-state index in [-0.39, 0.29) is 13.0 Å². The fourth-order valence-corrected chi connectivity index (χ4v) is 3.28. The van der Waals surface area contributed by atoms with Gasteiger partial charge in [-0.1, -0.05) is 12.8 Å². The van der Waals surface area contributed by atoms with Gasteiger partial charge in [-0.15, -0.1) is 0 Å². The van der Waals surface area contributed by atoms with Gasteiger partial charge in [0.1, 0.15) is 12.6 Å². The van der Waals surface area contributed by atoms with Crippen molar-refractivity contribution in [3.05, 3.63) is 0 Å². The fraction of sp³-hybridized carbons (Fsp3) is 0.889. The van der Waals surface area contributed by atoms with Crippen LogP contribution in [0.2, 0.25) is 0 Å². The summed E-state index contributed by atoms with van der Waals surface area (Å²) in [5.41, 5.74) is 0. The van der Waals surface area contributed by atoms with Gasteiger partial charge in [0.25, 0.3) is 10.2 Å².